The minimum absolute atomic E-state index is 0.00412. The molecule has 6 heteroatoms. The topological polar surface area (TPSA) is 85.2 Å². The normalized spacial score (nSPS) is 54.3. The predicted molar refractivity (Wildman–Crippen MR) is 149 cm³/mol. The maximum atomic E-state index is 12.4. The Hall–Kier alpha value is -0.690. The molecule has 0 aromatic carbocycles. The molecule has 2 N–H and O–H groups in total. The van der Waals surface area contributed by atoms with Crippen LogP contribution in [-0.4, -0.2) is 59.4 Å². The van der Waals surface area contributed by atoms with Gasteiger partial charge in [0, 0.05) is 17.4 Å². The summed E-state index contributed by atoms with van der Waals surface area (Å²) in [4.78, 5) is 11.3. The Labute approximate surface area is 235 Å². The fraction of sp³-hybridized carbons (Fsp3) is 0.970. The molecule has 222 valence electrons. The van der Waals surface area contributed by atoms with E-state index in [1.807, 2.05) is 20.8 Å². The molecule has 6 fully saturated rings. The molecule has 6 rings (SSSR count). The van der Waals surface area contributed by atoms with Crippen LogP contribution in [0.1, 0.15) is 107 Å². The van der Waals surface area contributed by atoms with E-state index in [0.29, 0.717) is 42.2 Å². The number of hydrogen-bond acceptors (Lipinski definition) is 6. The van der Waals surface area contributed by atoms with Gasteiger partial charge in [0.05, 0.1) is 23.9 Å². The highest BCUT2D eigenvalue weighted by Gasteiger charge is 2.84. The first-order valence-corrected chi connectivity index (χ1v) is 15.9. The smallest absolute Gasteiger partial charge is 0.293 e. The highest BCUT2D eigenvalue weighted by atomic mass is 16.6. The van der Waals surface area contributed by atoms with Crippen molar-refractivity contribution in [1.29, 1.82) is 0 Å². The van der Waals surface area contributed by atoms with Crippen LogP contribution < -0.4 is 0 Å². The first-order valence-electron chi connectivity index (χ1n) is 15.9. The number of ether oxygens (including phenoxy) is 3. The molecule has 13 unspecified atom stereocenters. The van der Waals surface area contributed by atoms with Crippen molar-refractivity contribution in [3.63, 3.8) is 0 Å². The number of hydrogen-bond donors (Lipinski definition) is 2. The molecular formula is C33H54O6. The van der Waals surface area contributed by atoms with Crippen molar-refractivity contribution in [3.05, 3.63) is 0 Å². The second-order valence-electron chi connectivity index (χ2n) is 16.3. The average molecular weight is 547 g/mol. The molecule has 1 heterocycles. The summed E-state index contributed by atoms with van der Waals surface area (Å²) in [5.41, 5.74) is -0.639. The third kappa shape index (κ3) is 3.38. The first-order chi connectivity index (χ1) is 18.2. The zero-order valence-electron chi connectivity index (χ0n) is 25.7. The summed E-state index contributed by atoms with van der Waals surface area (Å²) in [7, 11) is 0. The van der Waals surface area contributed by atoms with Gasteiger partial charge in [-0.2, -0.15) is 0 Å². The number of aliphatic hydroxyl groups is 2. The van der Waals surface area contributed by atoms with Crippen molar-refractivity contribution in [3.8, 4) is 0 Å². The van der Waals surface area contributed by atoms with Gasteiger partial charge in [0.25, 0.3) is 6.47 Å². The summed E-state index contributed by atoms with van der Waals surface area (Å²) in [6, 6.07) is 0. The molecule has 1 saturated heterocycles. The van der Waals surface area contributed by atoms with Crippen LogP contribution in [0.4, 0.5) is 0 Å². The van der Waals surface area contributed by atoms with Crippen molar-refractivity contribution >= 4 is 6.47 Å². The lowest BCUT2D eigenvalue weighted by Crippen LogP contribution is -2.60. The highest BCUT2D eigenvalue weighted by molar-refractivity contribution is 5.39. The quantitative estimate of drug-likeness (QED) is 0.427. The van der Waals surface area contributed by atoms with Crippen LogP contribution in [0.25, 0.3) is 0 Å². The maximum absolute atomic E-state index is 12.4. The van der Waals surface area contributed by atoms with E-state index in [4.69, 9.17) is 14.2 Å². The Morgan fingerprint density at radius 1 is 1.05 bits per heavy atom. The van der Waals surface area contributed by atoms with Gasteiger partial charge in [0.1, 0.15) is 12.2 Å². The Morgan fingerprint density at radius 2 is 1.72 bits per heavy atom. The highest BCUT2D eigenvalue weighted by Crippen LogP contribution is 2.89. The summed E-state index contributed by atoms with van der Waals surface area (Å²) >= 11 is 0. The molecule has 0 aromatic rings. The van der Waals surface area contributed by atoms with Gasteiger partial charge < -0.3 is 24.4 Å². The van der Waals surface area contributed by atoms with Crippen LogP contribution in [0.3, 0.4) is 0 Å². The van der Waals surface area contributed by atoms with Crippen molar-refractivity contribution in [2.75, 3.05) is 6.61 Å². The Kier molecular flexibility index (Phi) is 6.32. The van der Waals surface area contributed by atoms with Crippen molar-refractivity contribution in [2.24, 2.45) is 50.7 Å². The second-order valence-corrected chi connectivity index (χ2v) is 16.3. The Balaban J connectivity index is 1.33. The molecule has 0 amide bonds. The zero-order chi connectivity index (χ0) is 28.4. The molecule has 13 atom stereocenters. The first kappa shape index (κ1) is 28.4. The fourth-order valence-corrected chi connectivity index (χ4v) is 12.8. The fourth-order valence-electron chi connectivity index (χ4n) is 12.8. The summed E-state index contributed by atoms with van der Waals surface area (Å²) < 4.78 is 18.6. The van der Waals surface area contributed by atoms with Gasteiger partial charge >= 0.3 is 0 Å². The summed E-state index contributed by atoms with van der Waals surface area (Å²) in [6.45, 7) is 18.7. The van der Waals surface area contributed by atoms with Crippen LogP contribution in [0.2, 0.25) is 0 Å². The van der Waals surface area contributed by atoms with E-state index in [1.54, 1.807) is 0 Å². The van der Waals surface area contributed by atoms with E-state index in [9.17, 15) is 15.0 Å². The van der Waals surface area contributed by atoms with Crippen molar-refractivity contribution in [2.45, 2.75) is 143 Å². The second kappa shape index (κ2) is 8.67. The summed E-state index contributed by atoms with van der Waals surface area (Å²) in [6.07, 6.45) is 7.49. The molecule has 0 bridgehead atoms. The summed E-state index contributed by atoms with van der Waals surface area (Å²) in [5.74, 6) is 1.72. The molecule has 6 aliphatic rings. The molecule has 0 radical (unpaired) electrons. The number of fused-ring (bicyclic) bond motifs is 4. The van der Waals surface area contributed by atoms with E-state index in [1.165, 1.54) is 12.8 Å². The Bertz CT molecular complexity index is 989. The number of carbonyl (C=O) groups is 1. The van der Waals surface area contributed by atoms with Crippen LogP contribution in [0.15, 0.2) is 0 Å². The van der Waals surface area contributed by atoms with Gasteiger partial charge in [-0.25, -0.2) is 0 Å². The minimum atomic E-state index is -1.01. The third-order valence-electron chi connectivity index (χ3n) is 14.4. The van der Waals surface area contributed by atoms with Gasteiger partial charge in [0.15, 0.2) is 0 Å². The van der Waals surface area contributed by atoms with Crippen LogP contribution in [-0.2, 0) is 19.0 Å². The molecular weight excluding hydrogens is 492 g/mol. The monoisotopic (exact) mass is 546 g/mol. The van der Waals surface area contributed by atoms with Gasteiger partial charge in [-0.3, -0.25) is 4.79 Å². The minimum Gasteiger partial charge on any atom is -0.464 e. The number of aliphatic hydroxyl groups excluding tert-OH is 1. The molecule has 5 saturated carbocycles. The molecule has 5 aliphatic carbocycles. The Morgan fingerprint density at radius 3 is 2.36 bits per heavy atom. The van der Waals surface area contributed by atoms with E-state index >= 15 is 0 Å². The van der Waals surface area contributed by atoms with Crippen LogP contribution in [0, 0.1) is 50.7 Å². The average Bonchev–Trinajstić information content (AvgIpc) is 3.48. The predicted octanol–water partition coefficient (Wildman–Crippen LogP) is 5.52. The molecule has 0 aromatic heterocycles. The van der Waals surface area contributed by atoms with Gasteiger partial charge in [-0.05, 0) is 112 Å². The SMILES string of the molecule is CCOC(C1CC(C)C2C(O1)C(O)C1(C)C3CCC4C(C)(C)C(OC=O)CCC45CC35CCC21C)C(C)(C)O. The molecule has 2 spiro atoms. The number of carbonyl (C=O) groups excluding carboxylic acids is 1. The van der Waals surface area contributed by atoms with Gasteiger partial charge in [0.2, 0.25) is 0 Å². The molecule has 6 nitrogen and oxygen atoms in total. The van der Waals surface area contributed by atoms with E-state index < -0.39 is 17.8 Å². The molecule has 1 aliphatic heterocycles. The van der Waals surface area contributed by atoms with E-state index in [-0.39, 0.29) is 40.0 Å². The molecule has 39 heavy (non-hydrogen) atoms. The zero-order valence-corrected chi connectivity index (χ0v) is 25.7. The third-order valence-corrected chi connectivity index (χ3v) is 14.4. The van der Waals surface area contributed by atoms with Crippen molar-refractivity contribution < 1.29 is 29.2 Å². The lowest BCUT2D eigenvalue weighted by atomic mass is 9.41. The van der Waals surface area contributed by atoms with Gasteiger partial charge in [-0.1, -0.05) is 34.6 Å². The van der Waals surface area contributed by atoms with Crippen LogP contribution in [0.5, 0.6) is 0 Å². The van der Waals surface area contributed by atoms with Crippen LogP contribution >= 0.6 is 0 Å². The van der Waals surface area contributed by atoms with Gasteiger partial charge in [-0.15, -0.1) is 0 Å². The van der Waals surface area contributed by atoms with E-state index in [2.05, 4.69) is 34.6 Å². The lowest BCUT2D eigenvalue weighted by Gasteiger charge is -2.63. The maximum Gasteiger partial charge on any atom is 0.293 e. The lowest BCUT2D eigenvalue weighted by molar-refractivity contribution is -0.215. The largest absolute Gasteiger partial charge is 0.464 e. The van der Waals surface area contributed by atoms with Crippen molar-refractivity contribution in [1.82, 2.24) is 0 Å². The summed E-state index contributed by atoms with van der Waals surface area (Å²) in [5, 5.41) is 23.4. The standard InChI is InChI=1S/C33H54O6/c1-9-37-27(29(5,6)36)20-16-19(2)24-25(39-20)26(35)31(8)22-11-10-21-28(3,4)23(38-18-34)12-13-32(21)17-33(22,32)15-14-30(24,31)7/h18-27,35-36H,9-17H2,1-8H3. The number of rotatable bonds is 6. The van der Waals surface area contributed by atoms with E-state index in [0.717, 1.165) is 38.5 Å².